The van der Waals surface area contributed by atoms with Gasteiger partial charge in [-0.3, -0.25) is 14.5 Å². The number of nitrogens with zero attached hydrogens (tertiary/aromatic N) is 1. The van der Waals surface area contributed by atoms with Gasteiger partial charge in [0.05, 0.1) is 19.8 Å². The van der Waals surface area contributed by atoms with E-state index in [9.17, 15) is 14.7 Å². The van der Waals surface area contributed by atoms with Crippen LogP contribution in [0.5, 0.6) is 0 Å². The van der Waals surface area contributed by atoms with Crippen LogP contribution in [-0.2, 0) is 40.4 Å². The normalized spacial score (nSPS) is 42.0. The molecule has 2 saturated heterocycles. The molecular formula is C33H40N2O7. The number of nitrogens with one attached hydrogen (secondary N) is 1. The average Bonchev–Trinajstić information content (AvgIpc) is 3.54. The number of H-pyrrole nitrogens is 1. The Labute approximate surface area is 245 Å². The maximum Gasteiger partial charge on any atom is 0.320 e. The molecule has 1 aromatic carbocycles. The molecule has 0 radical (unpaired) electrons. The van der Waals surface area contributed by atoms with Crippen molar-refractivity contribution in [3.05, 3.63) is 47.2 Å². The van der Waals surface area contributed by atoms with Crippen LogP contribution < -0.4 is 0 Å². The molecule has 8 rings (SSSR count). The summed E-state index contributed by atoms with van der Waals surface area (Å²) in [7, 11) is 0. The molecule has 2 N–H and O–H groups in total. The number of benzene rings is 1. The fraction of sp³-hybridized carbons (Fsp3) is 0.636. The number of esters is 1. The van der Waals surface area contributed by atoms with Crippen LogP contribution in [0.1, 0.15) is 58.2 Å². The van der Waals surface area contributed by atoms with Crippen molar-refractivity contribution >= 4 is 22.7 Å². The number of aromatic nitrogens is 1. The molecule has 6 aliphatic rings. The smallest absolute Gasteiger partial charge is 0.320 e. The summed E-state index contributed by atoms with van der Waals surface area (Å²) >= 11 is 0. The Morgan fingerprint density at radius 1 is 1.14 bits per heavy atom. The Balaban J connectivity index is 1.27. The number of carbonyl (C=O) groups excluding carboxylic acids is 2. The molecule has 9 nitrogen and oxygen atoms in total. The van der Waals surface area contributed by atoms with Crippen molar-refractivity contribution < 1.29 is 33.6 Å². The maximum atomic E-state index is 13.5. The molecule has 224 valence electrons. The third-order valence-corrected chi connectivity index (χ3v) is 12.0. The van der Waals surface area contributed by atoms with Gasteiger partial charge in [-0.15, -0.1) is 0 Å². The predicted octanol–water partition coefficient (Wildman–Crippen LogP) is 3.18. The van der Waals surface area contributed by atoms with Gasteiger partial charge in [-0.05, 0) is 56.7 Å². The summed E-state index contributed by atoms with van der Waals surface area (Å²) < 4.78 is 24.8. The molecule has 4 heterocycles. The minimum atomic E-state index is -1.70. The minimum absolute atomic E-state index is 0.123. The second kappa shape index (κ2) is 8.54. The van der Waals surface area contributed by atoms with Gasteiger partial charge < -0.3 is 29.0 Å². The van der Waals surface area contributed by atoms with Crippen LogP contribution in [0.3, 0.4) is 0 Å². The first kappa shape index (κ1) is 27.0. The lowest BCUT2D eigenvalue weighted by molar-refractivity contribution is -0.277. The van der Waals surface area contributed by atoms with Crippen LogP contribution in [-0.4, -0.2) is 88.8 Å². The van der Waals surface area contributed by atoms with E-state index in [1.807, 2.05) is 24.8 Å². The highest BCUT2D eigenvalue weighted by molar-refractivity contribution is 5.97. The number of fused-ring (bicyclic) bond motifs is 9. The molecule has 1 aromatic heterocycles. The number of hydrogen-bond donors (Lipinski definition) is 2. The monoisotopic (exact) mass is 576 g/mol. The van der Waals surface area contributed by atoms with Crippen LogP contribution in [0, 0.1) is 11.3 Å². The summed E-state index contributed by atoms with van der Waals surface area (Å²) in [6, 6.07) is 8.35. The Bertz CT molecular complexity index is 1540. The van der Waals surface area contributed by atoms with Crippen LogP contribution in [0.4, 0.5) is 0 Å². The number of rotatable bonds is 3. The first-order valence-electron chi connectivity index (χ1n) is 15.4. The van der Waals surface area contributed by atoms with Gasteiger partial charge in [-0.25, -0.2) is 0 Å². The predicted molar refractivity (Wildman–Crippen MR) is 153 cm³/mol. The first-order valence-corrected chi connectivity index (χ1v) is 15.4. The number of aliphatic hydroxyl groups is 1. The van der Waals surface area contributed by atoms with Gasteiger partial charge in [-0.2, -0.15) is 0 Å². The molecule has 0 amide bonds. The number of aromatic amines is 1. The Hall–Kier alpha value is -2.56. The lowest BCUT2D eigenvalue weighted by Crippen LogP contribution is -2.75. The molecule has 3 aliphatic heterocycles. The molecule has 4 fully saturated rings. The quantitative estimate of drug-likeness (QED) is 0.537. The van der Waals surface area contributed by atoms with Gasteiger partial charge in [0.2, 0.25) is 0 Å². The highest BCUT2D eigenvalue weighted by Crippen LogP contribution is 2.72. The van der Waals surface area contributed by atoms with E-state index in [0.717, 1.165) is 17.6 Å². The SMILES string of the molecule is CC1(C)O[C@@]23CC[C@]4(C)[C@@]5(C)c6[nH]c7ccccc7c6C[C@@H]5C[C@H](OC(=O)CN5CCOCC5)[C@@]4(O)C2=CC(=O)C1O3. The van der Waals surface area contributed by atoms with E-state index in [0.29, 0.717) is 51.1 Å². The van der Waals surface area contributed by atoms with Crippen molar-refractivity contribution in [3.8, 4) is 0 Å². The van der Waals surface area contributed by atoms with Crippen LogP contribution in [0.25, 0.3) is 10.9 Å². The van der Waals surface area contributed by atoms with E-state index in [4.69, 9.17) is 18.9 Å². The highest BCUT2D eigenvalue weighted by atomic mass is 16.8. The van der Waals surface area contributed by atoms with E-state index in [1.54, 1.807) is 6.08 Å². The Morgan fingerprint density at radius 2 is 1.90 bits per heavy atom. The second-order valence-corrected chi connectivity index (χ2v) is 14.2. The summed E-state index contributed by atoms with van der Waals surface area (Å²) in [6.45, 7) is 10.7. The van der Waals surface area contributed by atoms with E-state index >= 15 is 0 Å². The number of para-hydroxylation sites is 1. The maximum absolute atomic E-state index is 13.5. The average molecular weight is 577 g/mol. The van der Waals surface area contributed by atoms with Gasteiger partial charge in [0.15, 0.2) is 17.7 Å². The lowest BCUT2D eigenvalue weighted by atomic mass is 9.41. The number of morpholine rings is 1. The molecule has 2 bridgehead atoms. The number of hydrogen-bond acceptors (Lipinski definition) is 8. The zero-order chi connectivity index (χ0) is 29.3. The molecule has 1 unspecified atom stereocenters. The van der Waals surface area contributed by atoms with E-state index in [2.05, 4.69) is 37.0 Å². The Kier molecular flexibility index (Phi) is 5.49. The highest BCUT2D eigenvalue weighted by Gasteiger charge is 2.78. The van der Waals surface area contributed by atoms with Gasteiger partial charge in [0.25, 0.3) is 0 Å². The molecule has 9 heteroatoms. The molecule has 7 atom stereocenters. The van der Waals surface area contributed by atoms with E-state index in [-0.39, 0.29) is 24.2 Å². The van der Waals surface area contributed by atoms with Gasteiger partial charge in [-0.1, -0.05) is 32.0 Å². The zero-order valence-electron chi connectivity index (χ0n) is 24.8. The van der Waals surface area contributed by atoms with Crippen molar-refractivity contribution in [2.75, 3.05) is 32.8 Å². The number of ketones is 1. The van der Waals surface area contributed by atoms with Gasteiger partial charge in [0, 0.05) is 52.5 Å². The summed E-state index contributed by atoms with van der Waals surface area (Å²) in [4.78, 5) is 32.8. The molecule has 1 spiro atoms. The van der Waals surface area contributed by atoms with Crippen molar-refractivity contribution in [1.29, 1.82) is 0 Å². The molecule has 3 aliphatic carbocycles. The Morgan fingerprint density at radius 3 is 2.69 bits per heavy atom. The third kappa shape index (κ3) is 3.21. The van der Waals surface area contributed by atoms with Crippen LogP contribution >= 0.6 is 0 Å². The molecule has 2 aromatic rings. The van der Waals surface area contributed by atoms with Gasteiger partial charge in [0.1, 0.15) is 17.3 Å². The van der Waals surface area contributed by atoms with Crippen molar-refractivity contribution in [2.24, 2.45) is 11.3 Å². The number of carbonyl (C=O) groups is 2. The fourth-order valence-electron chi connectivity index (χ4n) is 9.67. The summed E-state index contributed by atoms with van der Waals surface area (Å²) in [5.74, 6) is -1.71. The largest absolute Gasteiger partial charge is 0.458 e. The fourth-order valence-corrected chi connectivity index (χ4v) is 9.67. The molecule has 2 saturated carbocycles. The van der Waals surface area contributed by atoms with Crippen molar-refractivity contribution in [2.45, 2.75) is 88.0 Å². The van der Waals surface area contributed by atoms with E-state index in [1.165, 1.54) is 10.9 Å². The van der Waals surface area contributed by atoms with Crippen molar-refractivity contribution in [1.82, 2.24) is 9.88 Å². The van der Waals surface area contributed by atoms with Crippen LogP contribution in [0.15, 0.2) is 35.9 Å². The first-order chi connectivity index (χ1) is 19.9. The number of ether oxygens (including phenoxy) is 4. The zero-order valence-corrected chi connectivity index (χ0v) is 24.8. The summed E-state index contributed by atoms with van der Waals surface area (Å²) in [5.41, 5.74) is 0.0623. The minimum Gasteiger partial charge on any atom is -0.458 e. The summed E-state index contributed by atoms with van der Waals surface area (Å²) in [5, 5.41) is 14.6. The van der Waals surface area contributed by atoms with Crippen molar-refractivity contribution in [3.63, 3.8) is 0 Å². The molecular weight excluding hydrogens is 536 g/mol. The standard InChI is InChI=1S/C33H40N2O7/c1-29(2)28-23(36)17-24-32(41-28,42-29)10-9-30(3)31(4)19(15-21-20-7-5-6-8-22(20)34-27(21)31)16-25(33(24,30)38)40-26(37)18-35-11-13-39-14-12-35/h5-8,17,19,25,28,34,38H,9-16,18H2,1-4H3/t19-,25+,28?,30-,31-,32+,33+/m1/s1. The topological polar surface area (TPSA) is 110 Å². The third-order valence-electron chi connectivity index (χ3n) is 12.0. The molecule has 42 heavy (non-hydrogen) atoms. The second-order valence-electron chi connectivity index (χ2n) is 14.2. The van der Waals surface area contributed by atoms with Crippen LogP contribution in [0.2, 0.25) is 0 Å². The van der Waals surface area contributed by atoms with Gasteiger partial charge >= 0.3 is 5.97 Å². The van der Waals surface area contributed by atoms with E-state index < -0.39 is 40.0 Å². The summed E-state index contributed by atoms with van der Waals surface area (Å²) in [6.07, 6.45) is 2.30. The lowest BCUT2D eigenvalue weighted by Gasteiger charge is -2.67.